The summed E-state index contributed by atoms with van der Waals surface area (Å²) in [4.78, 5) is 0. The maximum Gasteiger partial charge on any atom is 0.0331 e. The zero-order chi connectivity index (χ0) is 12.9. The second kappa shape index (κ2) is 4.60. The largest absolute Gasteiger partial charge is 0.313 e. The van der Waals surface area contributed by atoms with E-state index in [0.717, 1.165) is 17.8 Å². The van der Waals surface area contributed by atoms with E-state index >= 15 is 0 Å². The van der Waals surface area contributed by atoms with Gasteiger partial charge in [0.05, 0.1) is 0 Å². The van der Waals surface area contributed by atoms with Crippen LogP contribution in [0.4, 0.5) is 0 Å². The van der Waals surface area contributed by atoms with E-state index in [4.69, 9.17) is 0 Å². The molecule has 2 heteroatoms. The van der Waals surface area contributed by atoms with E-state index < -0.39 is 0 Å². The smallest absolute Gasteiger partial charge is 0.0331 e. The SMILES string of the molecule is CNC(CC12CC3CC(CC(C3)C1)C2)c1ccsc1. The average molecular weight is 275 g/mol. The highest BCUT2D eigenvalue weighted by Gasteiger charge is 2.51. The first-order chi connectivity index (χ1) is 9.26. The number of hydrogen-bond donors (Lipinski definition) is 1. The molecule has 4 aliphatic rings. The average Bonchev–Trinajstić information content (AvgIpc) is 2.88. The highest BCUT2D eigenvalue weighted by molar-refractivity contribution is 7.07. The van der Waals surface area contributed by atoms with Crippen molar-refractivity contribution < 1.29 is 0 Å². The Morgan fingerprint density at radius 1 is 1.21 bits per heavy atom. The summed E-state index contributed by atoms with van der Waals surface area (Å²) in [6.07, 6.45) is 10.6. The summed E-state index contributed by atoms with van der Waals surface area (Å²) in [7, 11) is 2.14. The molecule has 1 nitrogen and oxygen atoms in total. The second-order valence-electron chi connectivity index (χ2n) is 7.52. The minimum Gasteiger partial charge on any atom is -0.313 e. The van der Waals surface area contributed by atoms with Gasteiger partial charge in [0, 0.05) is 6.04 Å². The summed E-state index contributed by atoms with van der Waals surface area (Å²) in [6.45, 7) is 0. The zero-order valence-corrected chi connectivity index (χ0v) is 12.7. The van der Waals surface area contributed by atoms with Crippen molar-refractivity contribution in [3.05, 3.63) is 22.4 Å². The van der Waals surface area contributed by atoms with Crippen molar-refractivity contribution in [3.63, 3.8) is 0 Å². The highest BCUT2D eigenvalue weighted by Crippen LogP contribution is 2.62. The molecule has 1 heterocycles. The van der Waals surface area contributed by atoms with E-state index in [9.17, 15) is 0 Å². The first-order valence-electron chi connectivity index (χ1n) is 7.96. The van der Waals surface area contributed by atoms with Gasteiger partial charge in [-0.1, -0.05) is 0 Å². The zero-order valence-electron chi connectivity index (χ0n) is 11.9. The predicted octanol–water partition coefficient (Wildman–Crippen LogP) is 4.62. The second-order valence-corrected chi connectivity index (χ2v) is 8.30. The fourth-order valence-corrected chi connectivity index (χ4v) is 6.55. The van der Waals surface area contributed by atoms with Gasteiger partial charge in [-0.05, 0) is 97.6 Å². The highest BCUT2D eigenvalue weighted by atomic mass is 32.1. The quantitative estimate of drug-likeness (QED) is 0.846. The van der Waals surface area contributed by atoms with Gasteiger partial charge in [-0.15, -0.1) is 0 Å². The Kier molecular flexibility index (Phi) is 3.00. The van der Waals surface area contributed by atoms with Gasteiger partial charge in [0.15, 0.2) is 0 Å². The molecule has 104 valence electrons. The van der Waals surface area contributed by atoms with Crippen LogP contribution in [0.5, 0.6) is 0 Å². The Labute approximate surface area is 120 Å². The lowest BCUT2D eigenvalue weighted by Gasteiger charge is -2.57. The van der Waals surface area contributed by atoms with Crippen LogP contribution in [0.1, 0.15) is 56.6 Å². The molecule has 0 spiro atoms. The van der Waals surface area contributed by atoms with E-state index in [0.29, 0.717) is 11.5 Å². The first kappa shape index (κ1) is 12.4. The van der Waals surface area contributed by atoms with Crippen LogP contribution in [0.25, 0.3) is 0 Å². The van der Waals surface area contributed by atoms with Crippen molar-refractivity contribution in [3.8, 4) is 0 Å². The summed E-state index contributed by atoms with van der Waals surface area (Å²) in [5.74, 6) is 3.23. The molecule has 4 bridgehead atoms. The van der Waals surface area contributed by atoms with E-state index in [1.165, 1.54) is 31.2 Å². The molecule has 4 saturated carbocycles. The van der Waals surface area contributed by atoms with Gasteiger partial charge in [-0.3, -0.25) is 0 Å². The molecule has 1 aromatic rings. The van der Waals surface area contributed by atoms with Crippen molar-refractivity contribution in [2.24, 2.45) is 23.2 Å². The molecule has 0 amide bonds. The number of hydrogen-bond acceptors (Lipinski definition) is 2. The molecule has 19 heavy (non-hydrogen) atoms. The maximum atomic E-state index is 3.59. The van der Waals surface area contributed by atoms with E-state index in [1.807, 2.05) is 11.3 Å². The van der Waals surface area contributed by atoms with Crippen LogP contribution in [0, 0.1) is 23.2 Å². The lowest BCUT2D eigenvalue weighted by molar-refractivity contribution is -0.0619. The molecule has 1 aromatic heterocycles. The van der Waals surface area contributed by atoms with Gasteiger partial charge in [-0.2, -0.15) is 11.3 Å². The molecule has 4 fully saturated rings. The molecule has 0 aromatic carbocycles. The van der Waals surface area contributed by atoms with Crippen LogP contribution in [-0.4, -0.2) is 7.05 Å². The molecule has 5 rings (SSSR count). The first-order valence-corrected chi connectivity index (χ1v) is 8.90. The molecule has 0 saturated heterocycles. The Morgan fingerprint density at radius 3 is 2.32 bits per heavy atom. The van der Waals surface area contributed by atoms with Gasteiger partial charge in [0.25, 0.3) is 0 Å². The van der Waals surface area contributed by atoms with Gasteiger partial charge >= 0.3 is 0 Å². The lowest BCUT2D eigenvalue weighted by Crippen LogP contribution is -2.47. The van der Waals surface area contributed by atoms with Crippen molar-refractivity contribution in [1.82, 2.24) is 5.32 Å². The van der Waals surface area contributed by atoms with Crippen molar-refractivity contribution in [1.29, 1.82) is 0 Å². The predicted molar refractivity (Wildman–Crippen MR) is 81.3 cm³/mol. The minimum absolute atomic E-state index is 0.586. The summed E-state index contributed by atoms with van der Waals surface area (Å²) >= 11 is 1.84. The third-order valence-electron chi connectivity index (χ3n) is 6.10. The Hall–Kier alpha value is -0.340. The van der Waals surface area contributed by atoms with E-state index in [2.05, 4.69) is 29.2 Å². The molecule has 0 radical (unpaired) electrons. The van der Waals surface area contributed by atoms with Crippen LogP contribution in [0.15, 0.2) is 16.8 Å². The summed E-state index contributed by atoms with van der Waals surface area (Å²) in [6, 6.07) is 2.90. The van der Waals surface area contributed by atoms with Crippen molar-refractivity contribution in [2.75, 3.05) is 7.05 Å². The molecule has 0 aliphatic heterocycles. The fraction of sp³-hybridized carbons (Fsp3) is 0.765. The molecule has 1 atom stereocenters. The van der Waals surface area contributed by atoms with Crippen LogP contribution >= 0.6 is 11.3 Å². The van der Waals surface area contributed by atoms with Crippen molar-refractivity contribution >= 4 is 11.3 Å². The molecule has 1 unspecified atom stereocenters. The molecule has 1 N–H and O–H groups in total. The molecule has 4 aliphatic carbocycles. The van der Waals surface area contributed by atoms with Crippen LogP contribution < -0.4 is 5.32 Å². The van der Waals surface area contributed by atoms with Gasteiger partial charge in [0.2, 0.25) is 0 Å². The Bertz CT molecular complexity index is 401. The summed E-state index contributed by atoms with van der Waals surface area (Å²) < 4.78 is 0. The summed E-state index contributed by atoms with van der Waals surface area (Å²) in [5, 5.41) is 8.14. The lowest BCUT2D eigenvalue weighted by atomic mass is 9.48. The summed E-state index contributed by atoms with van der Waals surface area (Å²) in [5.41, 5.74) is 2.20. The van der Waals surface area contributed by atoms with Crippen LogP contribution in [0.2, 0.25) is 0 Å². The number of rotatable bonds is 4. The van der Waals surface area contributed by atoms with Crippen molar-refractivity contribution in [2.45, 2.75) is 51.0 Å². The van der Waals surface area contributed by atoms with Crippen LogP contribution in [0.3, 0.4) is 0 Å². The third-order valence-corrected chi connectivity index (χ3v) is 6.80. The van der Waals surface area contributed by atoms with Crippen LogP contribution in [-0.2, 0) is 0 Å². The third kappa shape index (κ3) is 2.17. The number of nitrogens with one attached hydrogen (secondary N) is 1. The fourth-order valence-electron chi connectivity index (χ4n) is 5.83. The van der Waals surface area contributed by atoms with E-state index in [1.54, 1.807) is 19.3 Å². The monoisotopic (exact) mass is 275 g/mol. The topological polar surface area (TPSA) is 12.0 Å². The van der Waals surface area contributed by atoms with Gasteiger partial charge < -0.3 is 5.32 Å². The van der Waals surface area contributed by atoms with Gasteiger partial charge in [0.1, 0.15) is 0 Å². The normalized spacial score (nSPS) is 41.6. The Morgan fingerprint density at radius 2 is 1.84 bits per heavy atom. The maximum absolute atomic E-state index is 3.59. The molecular formula is C17H25NS. The molecular weight excluding hydrogens is 250 g/mol. The standard InChI is InChI=1S/C17H25NS/c1-18-16(15-2-3-19-11-15)10-17-7-12-4-13(8-17)6-14(5-12)9-17/h2-3,11-14,16,18H,4-10H2,1H3. The Balaban J connectivity index is 1.55. The minimum atomic E-state index is 0.586. The number of thiophene rings is 1. The van der Waals surface area contributed by atoms with Gasteiger partial charge in [-0.25, -0.2) is 0 Å². The van der Waals surface area contributed by atoms with E-state index in [-0.39, 0.29) is 0 Å².